The molecule has 0 aliphatic carbocycles. The Kier molecular flexibility index (Phi) is 8.92. The Morgan fingerprint density at radius 3 is 2.24 bits per heavy atom. The highest BCUT2D eigenvalue weighted by Crippen LogP contribution is 2.30. The molecular weight excluding hydrogens is 545 g/mol. The van der Waals surface area contributed by atoms with Gasteiger partial charge in [-0.1, -0.05) is 60.7 Å². The Bertz CT molecular complexity index is 1540. The molecular formula is C31H34FN3O5S. The fourth-order valence-corrected chi connectivity index (χ4v) is 6.39. The second-order valence-electron chi connectivity index (χ2n) is 11.0. The molecule has 0 saturated carbocycles. The lowest BCUT2D eigenvalue weighted by Crippen LogP contribution is -2.54. The number of carbonyl (C=O) groups excluding carboxylic acids is 3. The zero-order valence-corrected chi connectivity index (χ0v) is 24.2. The van der Waals surface area contributed by atoms with Crippen LogP contribution < -0.4 is 5.32 Å². The summed E-state index contributed by atoms with van der Waals surface area (Å²) >= 11 is 0. The standard InChI is InChI=1S/C31H34FN3O5S/c1-31(2,3)33-29(37)26(20-22-12-5-4-6-13-22)34(21-23-14-7-9-16-25(23)32)28(36)18-11-19-35-30(38)24-15-8-10-17-27(24)41(35,39)40/h4-10,12-17,26H,11,18-21H2,1-3H3,(H,33,37)/t26-/m1/s1. The smallest absolute Gasteiger partial charge is 0.269 e. The number of amides is 3. The molecule has 0 spiro atoms. The molecule has 0 radical (unpaired) electrons. The molecule has 0 bridgehead atoms. The molecule has 216 valence electrons. The monoisotopic (exact) mass is 579 g/mol. The van der Waals surface area contributed by atoms with E-state index in [2.05, 4.69) is 5.32 Å². The van der Waals surface area contributed by atoms with Crippen molar-refractivity contribution in [2.24, 2.45) is 0 Å². The lowest BCUT2D eigenvalue weighted by atomic mass is 10.00. The zero-order valence-electron chi connectivity index (χ0n) is 23.3. The van der Waals surface area contributed by atoms with Crippen LogP contribution in [0.4, 0.5) is 4.39 Å². The molecule has 1 N–H and O–H groups in total. The lowest BCUT2D eigenvalue weighted by Gasteiger charge is -2.34. The molecule has 1 aliphatic rings. The van der Waals surface area contributed by atoms with Crippen molar-refractivity contribution in [3.8, 4) is 0 Å². The summed E-state index contributed by atoms with van der Waals surface area (Å²) in [6.45, 7) is 5.14. The molecule has 3 aromatic carbocycles. The topological polar surface area (TPSA) is 104 Å². The van der Waals surface area contributed by atoms with E-state index < -0.39 is 45.1 Å². The average Bonchev–Trinajstić information content (AvgIpc) is 3.11. The maximum absolute atomic E-state index is 14.7. The summed E-state index contributed by atoms with van der Waals surface area (Å²) in [7, 11) is -4.01. The van der Waals surface area contributed by atoms with Crippen molar-refractivity contribution < 1.29 is 27.2 Å². The van der Waals surface area contributed by atoms with Crippen LogP contribution in [0.1, 0.15) is 55.1 Å². The molecule has 10 heteroatoms. The van der Waals surface area contributed by atoms with Gasteiger partial charge in [-0.2, -0.15) is 0 Å². The minimum absolute atomic E-state index is 0.0323. The van der Waals surface area contributed by atoms with Gasteiger partial charge in [-0.05, 0) is 51.0 Å². The molecule has 0 fully saturated rings. The summed E-state index contributed by atoms with van der Waals surface area (Å²) in [4.78, 5) is 41.4. The second-order valence-corrected chi connectivity index (χ2v) is 12.9. The summed E-state index contributed by atoms with van der Waals surface area (Å²) < 4.78 is 41.4. The number of sulfonamides is 1. The van der Waals surface area contributed by atoms with Gasteiger partial charge in [-0.15, -0.1) is 0 Å². The Balaban J connectivity index is 1.59. The Hall–Kier alpha value is -4.05. The van der Waals surface area contributed by atoms with Gasteiger partial charge in [0, 0.05) is 37.0 Å². The van der Waals surface area contributed by atoms with Crippen molar-refractivity contribution in [3.05, 3.63) is 101 Å². The SMILES string of the molecule is CC(C)(C)NC(=O)[C@@H](Cc1ccccc1)N(Cc1ccccc1F)C(=O)CCCN1C(=O)c2ccccc2S1(=O)=O. The molecule has 1 heterocycles. The van der Waals surface area contributed by atoms with Crippen molar-refractivity contribution >= 4 is 27.7 Å². The van der Waals surface area contributed by atoms with Gasteiger partial charge >= 0.3 is 0 Å². The molecule has 3 amide bonds. The third-order valence-corrected chi connectivity index (χ3v) is 8.57. The fraction of sp³-hybridized carbons (Fsp3) is 0.323. The molecule has 41 heavy (non-hydrogen) atoms. The summed E-state index contributed by atoms with van der Waals surface area (Å²) in [5, 5.41) is 2.94. The zero-order chi connectivity index (χ0) is 29.8. The van der Waals surface area contributed by atoms with Crippen molar-refractivity contribution in [2.45, 2.75) is 63.1 Å². The number of rotatable bonds is 10. The van der Waals surface area contributed by atoms with Gasteiger partial charge in [-0.25, -0.2) is 17.1 Å². The van der Waals surface area contributed by atoms with E-state index in [1.807, 2.05) is 51.1 Å². The predicted octanol–water partition coefficient (Wildman–Crippen LogP) is 4.31. The first-order valence-corrected chi connectivity index (χ1v) is 14.9. The van der Waals surface area contributed by atoms with Gasteiger partial charge in [0.05, 0.1) is 5.56 Å². The van der Waals surface area contributed by atoms with Crippen LogP contribution in [0.2, 0.25) is 0 Å². The molecule has 0 unspecified atom stereocenters. The number of halogens is 1. The highest BCUT2D eigenvalue weighted by molar-refractivity contribution is 7.90. The minimum atomic E-state index is -4.01. The van der Waals surface area contributed by atoms with Gasteiger partial charge in [0.1, 0.15) is 16.8 Å². The van der Waals surface area contributed by atoms with Crippen LogP contribution in [-0.4, -0.2) is 53.5 Å². The van der Waals surface area contributed by atoms with E-state index in [0.717, 1.165) is 9.87 Å². The molecule has 1 aliphatic heterocycles. The summed E-state index contributed by atoms with van der Waals surface area (Å²) in [6, 6.07) is 20.3. The maximum atomic E-state index is 14.7. The van der Waals surface area contributed by atoms with E-state index in [1.54, 1.807) is 30.3 Å². The number of benzene rings is 3. The third kappa shape index (κ3) is 7.00. The number of nitrogens with zero attached hydrogens (tertiary/aromatic N) is 2. The van der Waals surface area contributed by atoms with E-state index >= 15 is 0 Å². The van der Waals surface area contributed by atoms with Gasteiger partial charge < -0.3 is 10.2 Å². The third-order valence-electron chi connectivity index (χ3n) is 6.73. The second kappa shape index (κ2) is 12.2. The number of hydrogen-bond acceptors (Lipinski definition) is 5. The van der Waals surface area contributed by atoms with Crippen LogP contribution in [0.15, 0.2) is 83.8 Å². The van der Waals surface area contributed by atoms with Gasteiger partial charge in [0.25, 0.3) is 15.9 Å². The van der Waals surface area contributed by atoms with E-state index in [4.69, 9.17) is 0 Å². The average molecular weight is 580 g/mol. The summed E-state index contributed by atoms with van der Waals surface area (Å²) in [6.07, 6.45) is 0.0694. The number of hydrogen-bond donors (Lipinski definition) is 1. The normalized spacial score (nSPS) is 14.8. The first kappa shape index (κ1) is 29.9. The number of fused-ring (bicyclic) bond motifs is 1. The van der Waals surface area contributed by atoms with Crippen molar-refractivity contribution in [2.75, 3.05) is 6.54 Å². The van der Waals surface area contributed by atoms with E-state index in [0.29, 0.717) is 0 Å². The van der Waals surface area contributed by atoms with Crippen LogP contribution in [0, 0.1) is 5.82 Å². The first-order valence-electron chi connectivity index (χ1n) is 13.4. The highest BCUT2D eigenvalue weighted by atomic mass is 32.2. The quantitative estimate of drug-likeness (QED) is 0.386. The van der Waals surface area contributed by atoms with Crippen molar-refractivity contribution in [3.63, 3.8) is 0 Å². The minimum Gasteiger partial charge on any atom is -0.350 e. The van der Waals surface area contributed by atoms with Gasteiger partial charge in [-0.3, -0.25) is 14.4 Å². The van der Waals surface area contributed by atoms with E-state index in [-0.39, 0.29) is 48.4 Å². The van der Waals surface area contributed by atoms with Crippen LogP contribution >= 0.6 is 0 Å². The molecule has 3 aromatic rings. The lowest BCUT2D eigenvalue weighted by molar-refractivity contribution is -0.142. The van der Waals surface area contributed by atoms with E-state index in [9.17, 15) is 27.2 Å². The van der Waals surface area contributed by atoms with Gasteiger partial charge in [0.15, 0.2) is 0 Å². The maximum Gasteiger partial charge on any atom is 0.269 e. The highest BCUT2D eigenvalue weighted by Gasteiger charge is 2.40. The van der Waals surface area contributed by atoms with Crippen LogP contribution in [0.3, 0.4) is 0 Å². The largest absolute Gasteiger partial charge is 0.350 e. The molecule has 0 saturated heterocycles. The fourth-order valence-electron chi connectivity index (χ4n) is 4.79. The van der Waals surface area contributed by atoms with Crippen molar-refractivity contribution in [1.29, 1.82) is 0 Å². The Labute approximate surface area is 240 Å². The van der Waals surface area contributed by atoms with Crippen LogP contribution in [0.5, 0.6) is 0 Å². The summed E-state index contributed by atoms with van der Waals surface area (Å²) in [5.41, 5.74) is 0.578. The summed E-state index contributed by atoms with van der Waals surface area (Å²) in [5.74, 6) is -1.99. The predicted molar refractivity (Wildman–Crippen MR) is 153 cm³/mol. The molecule has 0 aromatic heterocycles. The van der Waals surface area contributed by atoms with Gasteiger partial charge in [0.2, 0.25) is 11.8 Å². The number of nitrogens with one attached hydrogen (secondary N) is 1. The molecule has 1 atom stereocenters. The molecule has 8 nitrogen and oxygen atoms in total. The van der Waals surface area contributed by atoms with Crippen molar-refractivity contribution in [1.82, 2.24) is 14.5 Å². The van der Waals surface area contributed by atoms with Crippen LogP contribution in [-0.2, 0) is 32.6 Å². The molecule has 4 rings (SSSR count). The first-order chi connectivity index (χ1) is 19.4. The van der Waals surface area contributed by atoms with Crippen LogP contribution in [0.25, 0.3) is 0 Å². The van der Waals surface area contributed by atoms with E-state index in [1.165, 1.54) is 23.1 Å². The Morgan fingerprint density at radius 2 is 1.59 bits per heavy atom. The number of carbonyl (C=O) groups is 3. The Morgan fingerprint density at radius 1 is 0.951 bits per heavy atom.